The Labute approximate surface area is 117 Å². The fourth-order valence-corrected chi connectivity index (χ4v) is 2.44. The molecule has 0 aliphatic heterocycles. The molecule has 1 saturated carbocycles. The van der Waals surface area contributed by atoms with Crippen LogP contribution in [0.3, 0.4) is 0 Å². The fraction of sp³-hybridized carbons (Fsp3) is 0.294. The molecule has 0 atom stereocenters. The Morgan fingerprint density at radius 2 is 1.65 bits per heavy atom. The number of benzene rings is 2. The first-order valence-electron chi connectivity index (χ1n) is 6.86. The Morgan fingerprint density at radius 3 is 2.25 bits per heavy atom. The standard InChI is InChI=1S/C17H17FO2/c18-15-5-1-12(2-6-15)11-20-17-7-3-13(4-8-17)14-9-16(19)10-14/h1-8,14,16,19H,9-11H2. The van der Waals surface area contributed by atoms with Crippen LogP contribution in [0.25, 0.3) is 0 Å². The van der Waals surface area contributed by atoms with E-state index in [4.69, 9.17) is 4.74 Å². The number of aliphatic hydroxyl groups is 1. The van der Waals surface area contributed by atoms with Gasteiger partial charge >= 0.3 is 0 Å². The van der Waals surface area contributed by atoms with E-state index in [0.717, 1.165) is 24.2 Å². The SMILES string of the molecule is OC1CC(c2ccc(OCc3ccc(F)cc3)cc2)C1. The lowest BCUT2D eigenvalue weighted by molar-refractivity contribution is 0.0746. The molecule has 2 aromatic rings. The molecule has 0 unspecified atom stereocenters. The summed E-state index contributed by atoms with van der Waals surface area (Å²) in [6.07, 6.45) is 1.58. The van der Waals surface area contributed by atoms with Crippen molar-refractivity contribution in [3.05, 3.63) is 65.5 Å². The van der Waals surface area contributed by atoms with E-state index >= 15 is 0 Å². The van der Waals surface area contributed by atoms with Crippen LogP contribution in [-0.2, 0) is 6.61 Å². The van der Waals surface area contributed by atoms with Crippen molar-refractivity contribution in [2.75, 3.05) is 0 Å². The van der Waals surface area contributed by atoms with Crippen LogP contribution in [0.5, 0.6) is 5.75 Å². The maximum atomic E-state index is 12.8. The fourth-order valence-electron chi connectivity index (χ4n) is 2.44. The van der Waals surface area contributed by atoms with E-state index in [9.17, 15) is 9.50 Å². The van der Waals surface area contributed by atoms with Gasteiger partial charge in [-0.1, -0.05) is 24.3 Å². The molecule has 0 saturated heterocycles. The van der Waals surface area contributed by atoms with Crippen LogP contribution in [0.15, 0.2) is 48.5 Å². The van der Waals surface area contributed by atoms with Crippen molar-refractivity contribution in [2.45, 2.75) is 31.5 Å². The minimum absolute atomic E-state index is 0.130. The number of halogens is 1. The molecular formula is C17H17FO2. The minimum Gasteiger partial charge on any atom is -0.489 e. The minimum atomic E-state index is -0.235. The summed E-state index contributed by atoms with van der Waals surface area (Å²) in [7, 11) is 0. The van der Waals surface area contributed by atoms with E-state index in [1.165, 1.54) is 17.7 Å². The second-order valence-corrected chi connectivity index (χ2v) is 5.31. The molecule has 0 amide bonds. The van der Waals surface area contributed by atoms with Crippen LogP contribution in [0.1, 0.15) is 29.9 Å². The summed E-state index contributed by atoms with van der Waals surface area (Å²) in [6.45, 7) is 0.432. The van der Waals surface area contributed by atoms with E-state index in [-0.39, 0.29) is 11.9 Å². The normalized spacial score (nSPS) is 21.3. The average molecular weight is 272 g/mol. The lowest BCUT2D eigenvalue weighted by atomic mass is 9.78. The lowest BCUT2D eigenvalue weighted by Crippen LogP contribution is -2.26. The first-order chi connectivity index (χ1) is 9.70. The Bertz CT molecular complexity index is 557. The Kier molecular flexibility index (Phi) is 3.70. The molecule has 1 aliphatic rings. The van der Waals surface area contributed by atoms with Gasteiger partial charge < -0.3 is 9.84 Å². The zero-order valence-corrected chi connectivity index (χ0v) is 11.1. The third-order valence-electron chi connectivity index (χ3n) is 3.78. The van der Waals surface area contributed by atoms with Gasteiger partial charge in [-0.15, -0.1) is 0 Å². The van der Waals surface area contributed by atoms with Crippen molar-refractivity contribution in [1.29, 1.82) is 0 Å². The maximum absolute atomic E-state index is 12.8. The van der Waals surface area contributed by atoms with Gasteiger partial charge in [-0.25, -0.2) is 4.39 Å². The number of hydrogen-bond acceptors (Lipinski definition) is 2. The molecular weight excluding hydrogens is 255 g/mol. The molecule has 0 heterocycles. The van der Waals surface area contributed by atoms with E-state index in [0.29, 0.717) is 12.5 Å². The molecule has 0 radical (unpaired) electrons. The van der Waals surface area contributed by atoms with Crippen molar-refractivity contribution < 1.29 is 14.2 Å². The second-order valence-electron chi connectivity index (χ2n) is 5.31. The van der Waals surface area contributed by atoms with Gasteiger partial charge in [0.15, 0.2) is 0 Å². The molecule has 0 bridgehead atoms. The van der Waals surface area contributed by atoms with Gasteiger partial charge in [0.05, 0.1) is 6.10 Å². The van der Waals surface area contributed by atoms with E-state index in [2.05, 4.69) is 12.1 Å². The topological polar surface area (TPSA) is 29.5 Å². The first kappa shape index (κ1) is 13.1. The van der Waals surface area contributed by atoms with Crippen LogP contribution in [0, 0.1) is 5.82 Å². The largest absolute Gasteiger partial charge is 0.489 e. The highest BCUT2D eigenvalue weighted by Crippen LogP contribution is 2.37. The molecule has 2 nitrogen and oxygen atoms in total. The zero-order chi connectivity index (χ0) is 13.9. The monoisotopic (exact) mass is 272 g/mol. The lowest BCUT2D eigenvalue weighted by Gasteiger charge is -2.31. The molecule has 104 valence electrons. The molecule has 2 aromatic carbocycles. The second kappa shape index (κ2) is 5.63. The molecule has 20 heavy (non-hydrogen) atoms. The quantitative estimate of drug-likeness (QED) is 0.920. The number of ether oxygens (including phenoxy) is 1. The summed E-state index contributed by atoms with van der Waals surface area (Å²) in [6, 6.07) is 14.3. The number of aliphatic hydroxyl groups excluding tert-OH is 1. The Balaban J connectivity index is 1.56. The van der Waals surface area contributed by atoms with Gasteiger partial charge in [0.2, 0.25) is 0 Å². The summed E-state index contributed by atoms with van der Waals surface area (Å²) in [4.78, 5) is 0. The predicted octanol–water partition coefficient (Wildman–Crippen LogP) is 3.64. The highest BCUT2D eigenvalue weighted by molar-refractivity contribution is 5.31. The average Bonchev–Trinajstić information content (AvgIpc) is 2.44. The summed E-state index contributed by atoms with van der Waals surface area (Å²) in [5.74, 6) is 1.05. The molecule has 0 aromatic heterocycles. The Morgan fingerprint density at radius 1 is 1.00 bits per heavy atom. The third kappa shape index (κ3) is 2.99. The number of rotatable bonds is 4. The van der Waals surface area contributed by atoms with E-state index < -0.39 is 0 Å². The predicted molar refractivity (Wildman–Crippen MR) is 75.2 cm³/mol. The van der Waals surface area contributed by atoms with Crippen molar-refractivity contribution in [3.8, 4) is 5.75 Å². The van der Waals surface area contributed by atoms with Crippen molar-refractivity contribution >= 4 is 0 Å². The summed E-state index contributed by atoms with van der Waals surface area (Å²) in [5, 5.41) is 9.31. The number of hydrogen-bond donors (Lipinski definition) is 1. The molecule has 1 aliphatic carbocycles. The van der Waals surface area contributed by atoms with E-state index in [1.54, 1.807) is 12.1 Å². The van der Waals surface area contributed by atoms with Crippen molar-refractivity contribution in [3.63, 3.8) is 0 Å². The van der Waals surface area contributed by atoms with Crippen LogP contribution in [-0.4, -0.2) is 11.2 Å². The highest BCUT2D eigenvalue weighted by atomic mass is 19.1. The summed E-state index contributed by atoms with van der Waals surface area (Å²) in [5.41, 5.74) is 2.20. The molecule has 1 N–H and O–H groups in total. The van der Waals surface area contributed by atoms with E-state index in [1.807, 2.05) is 12.1 Å². The van der Waals surface area contributed by atoms with Gasteiger partial charge in [-0.05, 0) is 54.2 Å². The third-order valence-corrected chi connectivity index (χ3v) is 3.78. The van der Waals surface area contributed by atoms with Crippen molar-refractivity contribution in [2.24, 2.45) is 0 Å². The van der Waals surface area contributed by atoms with Crippen LogP contribution < -0.4 is 4.74 Å². The van der Waals surface area contributed by atoms with Gasteiger partial charge in [-0.3, -0.25) is 0 Å². The Hall–Kier alpha value is -1.87. The summed E-state index contributed by atoms with van der Waals surface area (Å²) < 4.78 is 18.4. The van der Waals surface area contributed by atoms with Crippen LogP contribution in [0.4, 0.5) is 4.39 Å². The van der Waals surface area contributed by atoms with Gasteiger partial charge in [-0.2, -0.15) is 0 Å². The van der Waals surface area contributed by atoms with Gasteiger partial charge in [0, 0.05) is 0 Å². The van der Waals surface area contributed by atoms with Gasteiger partial charge in [0.25, 0.3) is 0 Å². The highest BCUT2D eigenvalue weighted by Gasteiger charge is 2.28. The molecule has 3 rings (SSSR count). The maximum Gasteiger partial charge on any atom is 0.123 e. The molecule has 1 fully saturated rings. The smallest absolute Gasteiger partial charge is 0.123 e. The zero-order valence-electron chi connectivity index (χ0n) is 11.1. The van der Waals surface area contributed by atoms with Crippen LogP contribution >= 0.6 is 0 Å². The van der Waals surface area contributed by atoms with Crippen molar-refractivity contribution in [1.82, 2.24) is 0 Å². The molecule has 3 heteroatoms. The van der Waals surface area contributed by atoms with Gasteiger partial charge in [0.1, 0.15) is 18.2 Å². The first-order valence-corrected chi connectivity index (χ1v) is 6.86. The summed E-state index contributed by atoms with van der Waals surface area (Å²) >= 11 is 0. The molecule has 0 spiro atoms. The van der Waals surface area contributed by atoms with Crippen LogP contribution in [0.2, 0.25) is 0 Å².